The van der Waals surface area contributed by atoms with Crippen molar-refractivity contribution < 1.29 is 9.59 Å². The SMILES string of the molecule is CC(CC(=O)NC1CCN(C(=O)C2CC2)CC1)C1CCCNC1. The average molecular weight is 321 g/mol. The number of amides is 2. The van der Waals surface area contributed by atoms with Gasteiger partial charge in [0.1, 0.15) is 0 Å². The molecule has 0 bridgehead atoms. The monoisotopic (exact) mass is 321 g/mol. The van der Waals surface area contributed by atoms with E-state index in [0.29, 0.717) is 30.1 Å². The Morgan fingerprint density at radius 2 is 1.91 bits per heavy atom. The smallest absolute Gasteiger partial charge is 0.225 e. The number of hydrogen-bond donors (Lipinski definition) is 2. The highest BCUT2D eigenvalue weighted by Crippen LogP contribution is 2.32. The largest absolute Gasteiger partial charge is 0.353 e. The molecule has 5 nitrogen and oxygen atoms in total. The molecule has 0 spiro atoms. The number of hydrogen-bond acceptors (Lipinski definition) is 3. The number of nitrogens with one attached hydrogen (secondary N) is 2. The van der Waals surface area contributed by atoms with E-state index >= 15 is 0 Å². The summed E-state index contributed by atoms with van der Waals surface area (Å²) in [5.74, 6) is 1.92. The number of piperidine rings is 2. The van der Waals surface area contributed by atoms with Crippen LogP contribution in [-0.4, -0.2) is 48.9 Å². The van der Waals surface area contributed by atoms with Crippen LogP contribution in [0, 0.1) is 17.8 Å². The lowest BCUT2D eigenvalue weighted by atomic mass is 9.85. The number of nitrogens with zero attached hydrogens (tertiary/aromatic N) is 1. The molecule has 23 heavy (non-hydrogen) atoms. The van der Waals surface area contributed by atoms with E-state index in [1.54, 1.807) is 0 Å². The van der Waals surface area contributed by atoms with Gasteiger partial charge in [0.2, 0.25) is 11.8 Å². The Bertz CT molecular complexity index is 422. The minimum Gasteiger partial charge on any atom is -0.353 e. The fraction of sp³-hybridized carbons (Fsp3) is 0.889. The quantitative estimate of drug-likeness (QED) is 0.807. The molecule has 2 heterocycles. The molecule has 2 aliphatic heterocycles. The molecule has 2 saturated heterocycles. The molecule has 2 amide bonds. The first-order chi connectivity index (χ1) is 11.1. The third-order valence-electron chi connectivity index (χ3n) is 5.75. The molecule has 2 N–H and O–H groups in total. The average Bonchev–Trinajstić information content (AvgIpc) is 3.40. The first-order valence-electron chi connectivity index (χ1n) is 9.42. The second-order valence-electron chi connectivity index (χ2n) is 7.73. The highest BCUT2D eigenvalue weighted by atomic mass is 16.2. The fourth-order valence-corrected chi connectivity index (χ4v) is 3.94. The van der Waals surface area contributed by atoms with Crippen LogP contribution in [0.4, 0.5) is 0 Å². The second-order valence-corrected chi connectivity index (χ2v) is 7.73. The summed E-state index contributed by atoms with van der Waals surface area (Å²) in [6.45, 7) is 5.99. The standard InChI is InChI=1S/C18H31N3O2/c1-13(15-3-2-8-19-12-15)11-17(22)20-16-6-9-21(10-7-16)18(23)14-4-5-14/h13-16,19H,2-12H2,1H3,(H,20,22). The van der Waals surface area contributed by atoms with Crippen molar-refractivity contribution in [2.75, 3.05) is 26.2 Å². The number of likely N-dealkylation sites (tertiary alicyclic amines) is 1. The molecule has 3 rings (SSSR count). The van der Waals surface area contributed by atoms with Crippen LogP contribution in [0.15, 0.2) is 0 Å². The third-order valence-corrected chi connectivity index (χ3v) is 5.75. The van der Waals surface area contributed by atoms with Gasteiger partial charge in [-0.1, -0.05) is 6.92 Å². The topological polar surface area (TPSA) is 61.4 Å². The van der Waals surface area contributed by atoms with Crippen molar-refractivity contribution in [1.29, 1.82) is 0 Å². The summed E-state index contributed by atoms with van der Waals surface area (Å²) < 4.78 is 0. The van der Waals surface area contributed by atoms with E-state index in [0.717, 1.165) is 51.9 Å². The van der Waals surface area contributed by atoms with Crippen LogP contribution in [0.25, 0.3) is 0 Å². The fourth-order valence-electron chi connectivity index (χ4n) is 3.94. The number of rotatable bonds is 5. The van der Waals surface area contributed by atoms with E-state index in [-0.39, 0.29) is 11.9 Å². The molecule has 0 aromatic carbocycles. The molecule has 1 saturated carbocycles. The summed E-state index contributed by atoms with van der Waals surface area (Å²) >= 11 is 0. The Morgan fingerprint density at radius 3 is 2.52 bits per heavy atom. The summed E-state index contributed by atoms with van der Waals surface area (Å²) in [6.07, 6.45) is 7.06. The summed E-state index contributed by atoms with van der Waals surface area (Å²) in [5.41, 5.74) is 0. The van der Waals surface area contributed by atoms with E-state index < -0.39 is 0 Å². The van der Waals surface area contributed by atoms with Crippen LogP contribution < -0.4 is 10.6 Å². The first kappa shape index (κ1) is 16.7. The first-order valence-corrected chi connectivity index (χ1v) is 9.42. The van der Waals surface area contributed by atoms with Gasteiger partial charge in [0.15, 0.2) is 0 Å². The van der Waals surface area contributed by atoms with Crippen LogP contribution in [0.5, 0.6) is 0 Å². The Hall–Kier alpha value is -1.10. The van der Waals surface area contributed by atoms with Gasteiger partial charge in [-0.3, -0.25) is 9.59 Å². The molecule has 3 fully saturated rings. The molecule has 5 heteroatoms. The Morgan fingerprint density at radius 1 is 1.17 bits per heavy atom. The van der Waals surface area contributed by atoms with E-state index in [1.165, 1.54) is 12.8 Å². The van der Waals surface area contributed by atoms with E-state index in [1.807, 2.05) is 4.90 Å². The second kappa shape index (κ2) is 7.65. The minimum atomic E-state index is 0.190. The van der Waals surface area contributed by atoms with Crippen LogP contribution in [-0.2, 0) is 9.59 Å². The zero-order valence-corrected chi connectivity index (χ0v) is 14.4. The van der Waals surface area contributed by atoms with Gasteiger partial charge in [0, 0.05) is 31.5 Å². The van der Waals surface area contributed by atoms with Gasteiger partial charge in [0.25, 0.3) is 0 Å². The van der Waals surface area contributed by atoms with Crippen LogP contribution in [0.1, 0.15) is 51.9 Å². The molecule has 0 radical (unpaired) electrons. The molecule has 130 valence electrons. The van der Waals surface area contributed by atoms with Crippen molar-refractivity contribution in [1.82, 2.24) is 15.5 Å². The van der Waals surface area contributed by atoms with E-state index in [9.17, 15) is 9.59 Å². The van der Waals surface area contributed by atoms with Crippen LogP contribution in [0.2, 0.25) is 0 Å². The summed E-state index contributed by atoms with van der Waals surface area (Å²) in [6, 6.07) is 0.252. The predicted molar refractivity (Wildman–Crippen MR) is 89.8 cm³/mol. The maximum absolute atomic E-state index is 12.3. The molecule has 0 aromatic rings. The summed E-state index contributed by atoms with van der Waals surface area (Å²) in [4.78, 5) is 26.3. The van der Waals surface area contributed by atoms with Crippen LogP contribution in [0.3, 0.4) is 0 Å². The van der Waals surface area contributed by atoms with E-state index in [4.69, 9.17) is 0 Å². The summed E-state index contributed by atoms with van der Waals surface area (Å²) in [5, 5.41) is 6.63. The number of carbonyl (C=O) groups excluding carboxylic acids is 2. The highest BCUT2D eigenvalue weighted by Gasteiger charge is 2.35. The zero-order chi connectivity index (χ0) is 16.2. The van der Waals surface area contributed by atoms with Gasteiger partial charge in [-0.15, -0.1) is 0 Å². The lowest BCUT2D eigenvalue weighted by Gasteiger charge is -2.33. The van der Waals surface area contributed by atoms with Gasteiger partial charge in [-0.2, -0.15) is 0 Å². The third kappa shape index (κ3) is 4.69. The molecule has 2 atom stereocenters. The number of carbonyl (C=O) groups is 2. The van der Waals surface area contributed by atoms with Crippen molar-refractivity contribution in [3.8, 4) is 0 Å². The summed E-state index contributed by atoms with van der Waals surface area (Å²) in [7, 11) is 0. The van der Waals surface area contributed by atoms with Gasteiger partial charge >= 0.3 is 0 Å². The van der Waals surface area contributed by atoms with Gasteiger partial charge in [-0.25, -0.2) is 0 Å². The Balaban J connectivity index is 1.36. The molecule has 1 aliphatic carbocycles. The molecular formula is C18H31N3O2. The predicted octanol–water partition coefficient (Wildman–Crippen LogP) is 1.53. The zero-order valence-electron chi connectivity index (χ0n) is 14.4. The van der Waals surface area contributed by atoms with Gasteiger partial charge < -0.3 is 15.5 Å². The lowest BCUT2D eigenvalue weighted by Crippen LogP contribution is -2.47. The Kier molecular flexibility index (Phi) is 5.57. The van der Waals surface area contributed by atoms with E-state index in [2.05, 4.69) is 17.6 Å². The van der Waals surface area contributed by atoms with Crippen molar-refractivity contribution in [3.05, 3.63) is 0 Å². The lowest BCUT2D eigenvalue weighted by molar-refractivity contribution is -0.133. The highest BCUT2D eigenvalue weighted by molar-refractivity contribution is 5.81. The van der Waals surface area contributed by atoms with Crippen molar-refractivity contribution in [2.24, 2.45) is 17.8 Å². The molecular weight excluding hydrogens is 290 g/mol. The van der Waals surface area contributed by atoms with Crippen molar-refractivity contribution in [3.63, 3.8) is 0 Å². The van der Waals surface area contributed by atoms with Gasteiger partial charge in [-0.05, 0) is 63.5 Å². The van der Waals surface area contributed by atoms with Crippen molar-refractivity contribution in [2.45, 2.75) is 57.9 Å². The maximum atomic E-state index is 12.3. The maximum Gasteiger partial charge on any atom is 0.225 e. The Labute approximate surface area is 139 Å². The van der Waals surface area contributed by atoms with Crippen molar-refractivity contribution >= 4 is 11.8 Å². The molecule has 0 aromatic heterocycles. The van der Waals surface area contributed by atoms with Crippen LogP contribution >= 0.6 is 0 Å². The minimum absolute atomic E-state index is 0.190. The molecule has 2 unspecified atom stereocenters. The molecule has 3 aliphatic rings. The van der Waals surface area contributed by atoms with Gasteiger partial charge in [0.05, 0.1) is 0 Å². The normalized spacial score (nSPS) is 27.5.